The Hall–Kier alpha value is -2.15. The van der Waals surface area contributed by atoms with Gasteiger partial charge in [-0.05, 0) is 24.3 Å². The summed E-state index contributed by atoms with van der Waals surface area (Å²) >= 11 is 0. The van der Waals surface area contributed by atoms with Crippen molar-refractivity contribution in [1.82, 2.24) is 0 Å². The van der Waals surface area contributed by atoms with Gasteiger partial charge in [-0.15, -0.1) is 0 Å². The summed E-state index contributed by atoms with van der Waals surface area (Å²) in [5.74, 6) is -3.19. The largest absolute Gasteiger partial charge is 0.506 e. The summed E-state index contributed by atoms with van der Waals surface area (Å²) in [6, 6.07) is 4.70. The van der Waals surface area contributed by atoms with Gasteiger partial charge >= 0.3 is 0 Å². The van der Waals surface area contributed by atoms with Crippen LogP contribution in [0.5, 0.6) is 11.5 Å². The molecule has 0 unspecified atom stereocenters. The maximum Gasteiger partial charge on any atom is 0.213 e. The van der Waals surface area contributed by atoms with E-state index in [1.165, 1.54) is 0 Å². The maximum absolute atomic E-state index is 12.8. The Bertz CT molecular complexity index is 684. The van der Waals surface area contributed by atoms with E-state index in [2.05, 4.69) is 0 Å². The molecule has 0 aromatic heterocycles. The Kier molecular flexibility index (Phi) is 3.15. The van der Waals surface area contributed by atoms with E-state index in [-0.39, 0.29) is 0 Å². The fourth-order valence-electron chi connectivity index (χ4n) is 1.55. The van der Waals surface area contributed by atoms with Gasteiger partial charge in [-0.3, -0.25) is 0 Å². The molecule has 19 heavy (non-hydrogen) atoms. The SMILES string of the molecule is O=S(=O)(c1ccc(F)cc1O)c1ccc(F)cc1O. The predicted molar refractivity (Wildman–Crippen MR) is 61.6 cm³/mol. The van der Waals surface area contributed by atoms with E-state index in [9.17, 15) is 27.4 Å². The van der Waals surface area contributed by atoms with Crippen molar-refractivity contribution in [3.63, 3.8) is 0 Å². The number of phenols is 2. The lowest BCUT2D eigenvalue weighted by molar-refractivity contribution is 0.447. The van der Waals surface area contributed by atoms with Crippen molar-refractivity contribution >= 4 is 9.84 Å². The molecule has 0 aliphatic heterocycles. The topological polar surface area (TPSA) is 74.6 Å². The molecule has 100 valence electrons. The summed E-state index contributed by atoms with van der Waals surface area (Å²) in [7, 11) is -4.27. The molecule has 0 atom stereocenters. The lowest BCUT2D eigenvalue weighted by Gasteiger charge is -2.08. The minimum absolute atomic E-state index is 0.573. The minimum Gasteiger partial charge on any atom is -0.506 e. The number of halogens is 2. The van der Waals surface area contributed by atoms with E-state index < -0.39 is 42.8 Å². The van der Waals surface area contributed by atoms with Crippen LogP contribution in [0.25, 0.3) is 0 Å². The third kappa shape index (κ3) is 2.37. The standard InChI is InChI=1S/C12H8F2O4S/c13-7-1-3-11(9(15)5-7)19(17,18)12-4-2-8(14)6-10(12)16/h1-6,15-16H. The van der Waals surface area contributed by atoms with Crippen LogP contribution >= 0.6 is 0 Å². The molecule has 2 rings (SSSR count). The monoisotopic (exact) mass is 286 g/mol. The molecule has 0 aliphatic carbocycles. The Morgan fingerprint density at radius 2 is 1.16 bits per heavy atom. The second-order valence-corrected chi connectivity index (χ2v) is 5.61. The molecular formula is C12H8F2O4S. The average molecular weight is 286 g/mol. The molecule has 0 heterocycles. The highest BCUT2D eigenvalue weighted by Crippen LogP contribution is 2.33. The van der Waals surface area contributed by atoms with Crippen LogP contribution in [0, 0.1) is 11.6 Å². The quantitative estimate of drug-likeness (QED) is 0.830. The summed E-state index contributed by atoms with van der Waals surface area (Å²) in [5.41, 5.74) is 0. The lowest BCUT2D eigenvalue weighted by atomic mass is 10.3. The lowest BCUT2D eigenvalue weighted by Crippen LogP contribution is -2.03. The second kappa shape index (κ2) is 4.51. The zero-order valence-electron chi connectivity index (χ0n) is 9.34. The van der Waals surface area contributed by atoms with Crippen molar-refractivity contribution in [3.8, 4) is 11.5 Å². The van der Waals surface area contributed by atoms with Crippen LogP contribution in [-0.4, -0.2) is 18.6 Å². The number of sulfone groups is 1. The van der Waals surface area contributed by atoms with Crippen LogP contribution in [0.1, 0.15) is 0 Å². The zero-order valence-corrected chi connectivity index (χ0v) is 10.2. The first-order chi connectivity index (χ1) is 8.82. The van der Waals surface area contributed by atoms with Crippen LogP contribution in [-0.2, 0) is 9.84 Å². The van der Waals surface area contributed by atoms with Crippen LogP contribution in [0.3, 0.4) is 0 Å². The van der Waals surface area contributed by atoms with Gasteiger partial charge in [-0.2, -0.15) is 0 Å². The molecule has 0 amide bonds. The first-order valence-corrected chi connectivity index (χ1v) is 6.53. The molecular weight excluding hydrogens is 278 g/mol. The highest BCUT2D eigenvalue weighted by molar-refractivity contribution is 7.91. The average Bonchev–Trinajstić information content (AvgIpc) is 2.27. The highest BCUT2D eigenvalue weighted by atomic mass is 32.2. The molecule has 0 bridgehead atoms. The van der Waals surface area contributed by atoms with Crippen LogP contribution in [0.15, 0.2) is 46.2 Å². The van der Waals surface area contributed by atoms with Gasteiger partial charge < -0.3 is 10.2 Å². The number of benzene rings is 2. The second-order valence-electron chi connectivity index (χ2n) is 3.73. The van der Waals surface area contributed by atoms with Crippen molar-refractivity contribution in [1.29, 1.82) is 0 Å². The first-order valence-electron chi connectivity index (χ1n) is 5.04. The van der Waals surface area contributed by atoms with E-state index in [4.69, 9.17) is 0 Å². The molecule has 0 radical (unpaired) electrons. The van der Waals surface area contributed by atoms with E-state index in [1.54, 1.807) is 0 Å². The Morgan fingerprint density at radius 3 is 1.47 bits per heavy atom. The number of phenolic OH excluding ortho intramolecular Hbond substituents is 2. The van der Waals surface area contributed by atoms with Gasteiger partial charge in [0.25, 0.3) is 0 Å². The number of hydrogen-bond acceptors (Lipinski definition) is 4. The Morgan fingerprint density at radius 1 is 0.789 bits per heavy atom. The van der Waals surface area contributed by atoms with Gasteiger partial charge in [0, 0.05) is 12.1 Å². The van der Waals surface area contributed by atoms with E-state index >= 15 is 0 Å². The predicted octanol–water partition coefficient (Wildman–Crippen LogP) is 2.21. The Balaban J connectivity index is 2.65. The molecule has 0 saturated carbocycles. The number of hydrogen-bond donors (Lipinski definition) is 2. The van der Waals surface area contributed by atoms with Gasteiger partial charge in [0.2, 0.25) is 9.84 Å². The van der Waals surface area contributed by atoms with Crippen LogP contribution in [0.2, 0.25) is 0 Å². The minimum atomic E-state index is -4.27. The van der Waals surface area contributed by atoms with E-state index in [1.807, 2.05) is 0 Å². The smallest absolute Gasteiger partial charge is 0.213 e. The summed E-state index contributed by atoms with van der Waals surface area (Å²) in [6.45, 7) is 0. The molecule has 0 fully saturated rings. The molecule has 2 aromatic carbocycles. The fraction of sp³-hybridized carbons (Fsp3) is 0. The van der Waals surface area contributed by atoms with Crippen molar-refractivity contribution in [2.75, 3.05) is 0 Å². The van der Waals surface area contributed by atoms with Crippen LogP contribution < -0.4 is 0 Å². The molecule has 2 N–H and O–H groups in total. The van der Waals surface area contributed by atoms with Crippen molar-refractivity contribution in [2.45, 2.75) is 9.79 Å². The third-order valence-corrected chi connectivity index (χ3v) is 4.27. The molecule has 0 spiro atoms. The van der Waals surface area contributed by atoms with Gasteiger partial charge in [0.05, 0.1) is 0 Å². The normalized spacial score (nSPS) is 11.5. The van der Waals surface area contributed by atoms with E-state index in [0.29, 0.717) is 12.1 Å². The molecule has 4 nitrogen and oxygen atoms in total. The van der Waals surface area contributed by atoms with Crippen molar-refractivity contribution in [2.24, 2.45) is 0 Å². The summed E-state index contributed by atoms with van der Waals surface area (Å²) < 4.78 is 49.9. The molecule has 7 heteroatoms. The highest BCUT2D eigenvalue weighted by Gasteiger charge is 2.25. The number of aromatic hydroxyl groups is 2. The van der Waals surface area contributed by atoms with Crippen molar-refractivity contribution in [3.05, 3.63) is 48.0 Å². The first kappa shape index (κ1) is 13.3. The molecule has 0 aliphatic rings. The van der Waals surface area contributed by atoms with Gasteiger partial charge in [-0.25, -0.2) is 17.2 Å². The maximum atomic E-state index is 12.8. The van der Waals surface area contributed by atoms with Gasteiger partial charge in [-0.1, -0.05) is 0 Å². The molecule has 2 aromatic rings. The third-order valence-electron chi connectivity index (χ3n) is 2.42. The Labute approximate surface area is 107 Å². The fourth-order valence-corrected chi connectivity index (χ4v) is 2.95. The number of rotatable bonds is 2. The molecule has 0 saturated heterocycles. The van der Waals surface area contributed by atoms with Gasteiger partial charge in [0.1, 0.15) is 32.9 Å². The summed E-state index contributed by atoms with van der Waals surface area (Å²) in [6.07, 6.45) is 0. The summed E-state index contributed by atoms with van der Waals surface area (Å²) in [4.78, 5) is -1.15. The van der Waals surface area contributed by atoms with Crippen molar-refractivity contribution < 1.29 is 27.4 Å². The van der Waals surface area contributed by atoms with Crippen LogP contribution in [0.4, 0.5) is 8.78 Å². The zero-order chi connectivity index (χ0) is 14.2. The van der Waals surface area contributed by atoms with Gasteiger partial charge in [0.15, 0.2) is 0 Å². The summed E-state index contributed by atoms with van der Waals surface area (Å²) in [5, 5.41) is 18.9. The van der Waals surface area contributed by atoms with E-state index in [0.717, 1.165) is 24.3 Å².